The lowest BCUT2D eigenvalue weighted by atomic mass is 10.3. The summed E-state index contributed by atoms with van der Waals surface area (Å²) in [6.07, 6.45) is 0. The van der Waals surface area contributed by atoms with Crippen molar-refractivity contribution in [1.29, 1.82) is 5.26 Å². The van der Waals surface area contributed by atoms with Crippen molar-refractivity contribution >= 4 is 23.2 Å². The number of rotatable bonds is 2. The van der Waals surface area contributed by atoms with Crippen molar-refractivity contribution in [3.8, 4) is 6.07 Å². The van der Waals surface area contributed by atoms with E-state index in [9.17, 15) is 0 Å². The average Bonchev–Trinajstić information content (AvgIpc) is 2.31. The molecule has 2 aromatic rings. The molecular weight excluding hydrogens is 236 g/mol. The predicted octanol–water partition coefficient (Wildman–Crippen LogP) is 3.05. The van der Waals surface area contributed by atoms with Gasteiger partial charge < -0.3 is 5.32 Å². The molecule has 1 aromatic heterocycles. The number of aryl methyl sites for hydroxylation is 1. The molecule has 0 saturated carbocycles. The molecule has 1 heterocycles. The predicted molar refractivity (Wildman–Crippen MR) is 66.2 cm³/mol. The van der Waals surface area contributed by atoms with Crippen molar-refractivity contribution in [2.45, 2.75) is 6.92 Å². The lowest BCUT2D eigenvalue weighted by Crippen LogP contribution is -2.00. The van der Waals surface area contributed by atoms with Crippen molar-refractivity contribution < 1.29 is 0 Å². The lowest BCUT2D eigenvalue weighted by molar-refractivity contribution is 1.09. The molecule has 84 valence electrons. The minimum Gasteiger partial charge on any atom is -0.324 e. The molecule has 0 amide bonds. The zero-order valence-corrected chi connectivity index (χ0v) is 9.86. The van der Waals surface area contributed by atoms with E-state index in [0.29, 0.717) is 16.7 Å². The highest BCUT2D eigenvalue weighted by atomic mass is 35.5. The van der Waals surface area contributed by atoms with Crippen LogP contribution in [0.25, 0.3) is 0 Å². The van der Waals surface area contributed by atoms with E-state index in [0.717, 1.165) is 11.4 Å². The maximum Gasteiger partial charge on any atom is 0.228 e. The van der Waals surface area contributed by atoms with Gasteiger partial charge >= 0.3 is 0 Å². The summed E-state index contributed by atoms with van der Waals surface area (Å²) < 4.78 is 0. The number of hydrogen-bond acceptors (Lipinski definition) is 4. The standard InChI is InChI=1S/C12H9ClN4/c1-8-6-11(7-14)17-12(15-8)16-10-4-2-9(13)3-5-10/h2-6H,1H3,(H,15,16,17). The molecule has 0 aliphatic rings. The Morgan fingerprint density at radius 2 is 1.94 bits per heavy atom. The molecule has 0 spiro atoms. The van der Waals surface area contributed by atoms with Crippen LogP contribution in [0.1, 0.15) is 11.4 Å². The molecule has 0 aliphatic carbocycles. The number of hydrogen-bond donors (Lipinski definition) is 1. The minimum absolute atomic E-state index is 0.342. The zero-order valence-electron chi connectivity index (χ0n) is 9.11. The van der Waals surface area contributed by atoms with Gasteiger partial charge in [-0.15, -0.1) is 0 Å². The van der Waals surface area contributed by atoms with E-state index in [1.807, 2.05) is 25.1 Å². The molecule has 5 heteroatoms. The topological polar surface area (TPSA) is 61.6 Å². The highest BCUT2D eigenvalue weighted by Gasteiger charge is 2.02. The average molecular weight is 245 g/mol. The number of aromatic nitrogens is 2. The Labute approximate surface area is 104 Å². The van der Waals surface area contributed by atoms with Crippen LogP contribution in [-0.4, -0.2) is 9.97 Å². The molecular formula is C12H9ClN4. The van der Waals surface area contributed by atoms with Gasteiger partial charge in [0, 0.05) is 16.4 Å². The van der Waals surface area contributed by atoms with Crippen LogP contribution < -0.4 is 5.32 Å². The van der Waals surface area contributed by atoms with Gasteiger partial charge in [0.2, 0.25) is 5.95 Å². The first-order valence-corrected chi connectivity index (χ1v) is 5.33. The van der Waals surface area contributed by atoms with Crippen molar-refractivity contribution in [1.82, 2.24) is 9.97 Å². The van der Waals surface area contributed by atoms with Gasteiger partial charge in [0.25, 0.3) is 0 Å². The first-order valence-electron chi connectivity index (χ1n) is 4.96. The maximum atomic E-state index is 8.80. The molecule has 0 aliphatic heterocycles. The summed E-state index contributed by atoms with van der Waals surface area (Å²) in [6, 6.07) is 10.8. The third-order valence-electron chi connectivity index (χ3n) is 2.07. The Morgan fingerprint density at radius 3 is 2.59 bits per heavy atom. The summed E-state index contributed by atoms with van der Waals surface area (Å²) in [7, 11) is 0. The van der Waals surface area contributed by atoms with Crippen molar-refractivity contribution in [2.24, 2.45) is 0 Å². The third-order valence-corrected chi connectivity index (χ3v) is 2.32. The Balaban J connectivity index is 2.27. The summed E-state index contributed by atoms with van der Waals surface area (Å²) in [5.74, 6) is 0.406. The monoisotopic (exact) mass is 244 g/mol. The fourth-order valence-electron chi connectivity index (χ4n) is 1.34. The zero-order chi connectivity index (χ0) is 12.3. The molecule has 0 unspecified atom stereocenters. The SMILES string of the molecule is Cc1cc(C#N)nc(Nc2ccc(Cl)cc2)n1. The number of halogens is 1. The van der Waals surface area contributed by atoms with E-state index in [1.165, 1.54) is 0 Å². The second-order valence-corrected chi connectivity index (χ2v) is 3.90. The van der Waals surface area contributed by atoms with Crippen LogP contribution in [0.3, 0.4) is 0 Å². The van der Waals surface area contributed by atoms with E-state index in [4.69, 9.17) is 16.9 Å². The molecule has 0 radical (unpaired) electrons. The molecule has 4 nitrogen and oxygen atoms in total. The van der Waals surface area contributed by atoms with E-state index in [-0.39, 0.29) is 0 Å². The van der Waals surface area contributed by atoms with Crippen LogP contribution in [-0.2, 0) is 0 Å². The quantitative estimate of drug-likeness (QED) is 0.882. The number of anilines is 2. The van der Waals surface area contributed by atoms with Crippen LogP contribution in [0.4, 0.5) is 11.6 Å². The van der Waals surface area contributed by atoms with Crippen LogP contribution in [0.5, 0.6) is 0 Å². The first-order chi connectivity index (χ1) is 8.17. The molecule has 0 atom stereocenters. The second-order valence-electron chi connectivity index (χ2n) is 3.46. The summed E-state index contributed by atoms with van der Waals surface area (Å²) >= 11 is 5.79. The van der Waals surface area contributed by atoms with Crippen LogP contribution in [0.15, 0.2) is 30.3 Å². The van der Waals surface area contributed by atoms with Crippen LogP contribution >= 0.6 is 11.6 Å². The van der Waals surface area contributed by atoms with E-state index in [2.05, 4.69) is 15.3 Å². The second kappa shape index (κ2) is 4.81. The largest absolute Gasteiger partial charge is 0.324 e. The van der Waals surface area contributed by atoms with Gasteiger partial charge in [0.1, 0.15) is 11.8 Å². The van der Waals surface area contributed by atoms with Gasteiger partial charge in [-0.05, 0) is 37.3 Å². The Bertz CT molecular complexity index is 572. The summed E-state index contributed by atoms with van der Waals surface area (Å²) in [5.41, 5.74) is 1.91. The van der Waals surface area contributed by atoms with Crippen LogP contribution in [0.2, 0.25) is 5.02 Å². The van der Waals surface area contributed by atoms with Gasteiger partial charge in [-0.25, -0.2) is 9.97 Å². The number of nitrogens with one attached hydrogen (secondary N) is 1. The third kappa shape index (κ3) is 2.92. The van der Waals surface area contributed by atoms with E-state index >= 15 is 0 Å². The smallest absolute Gasteiger partial charge is 0.228 e. The summed E-state index contributed by atoms with van der Waals surface area (Å²) in [5, 5.41) is 12.5. The van der Waals surface area contributed by atoms with Crippen molar-refractivity contribution in [2.75, 3.05) is 5.32 Å². The number of benzene rings is 1. The maximum absolute atomic E-state index is 8.80. The normalized spacial score (nSPS) is 9.71. The Morgan fingerprint density at radius 1 is 1.24 bits per heavy atom. The highest BCUT2D eigenvalue weighted by molar-refractivity contribution is 6.30. The molecule has 0 saturated heterocycles. The fourth-order valence-corrected chi connectivity index (χ4v) is 1.47. The molecule has 0 fully saturated rings. The summed E-state index contributed by atoms with van der Waals surface area (Å²) in [6.45, 7) is 1.82. The molecule has 2 rings (SSSR count). The molecule has 1 N–H and O–H groups in total. The van der Waals surface area contributed by atoms with Gasteiger partial charge in [-0.3, -0.25) is 0 Å². The number of nitrogens with zero attached hydrogens (tertiary/aromatic N) is 3. The van der Waals surface area contributed by atoms with Gasteiger partial charge in [-0.1, -0.05) is 11.6 Å². The first kappa shape index (κ1) is 11.4. The fraction of sp³-hybridized carbons (Fsp3) is 0.0833. The van der Waals surface area contributed by atoms with E-state index in [1.54, 1.807) is 18.2 Å². The summed E-state index contributed by atoms with van der Waals surface area (Å²) in [4.78, 5) is 8.25. The molecule has 1 aromatic carbocycles. The van der Waals surface area contributed by atoms with Crippen molar-refractivity contribution in [3.05, 3.63) is 46.7 Å². The molecule has 17 heavy (non-hydrogen) atoms. The van der Waals surface area contributed by atoms with Gasteiger partial charge in [-0.2, -0.15) is 5.26 Å². The number of nitriles is 1. The minimum atomic E-state index is 0.342. The van der Waals surface area contributed by atoms with Gasteiger partial charge in [0.05, 0.1) is 0 Å². The molecule has 0 bridgehead atoms. The van der Waals surface area contributed by atoms with Crippen LogP contribution in [0, 0.1) is 18.3 Å². The highest BCUT2D eigenvalue weighted by Crippen LogP contribution is 2.16. The van der Waals surface area contributed by atoms with Gasteiger partial charge in [0.15, 0.2) is 0 Å². The van der Waals surface area contributed by atoms with E-state index < -0.39 is 0 Å². The lowest BCUT2D eigenvalue weighted by Gasteiger charge is -2.05. The van der Waals surface area contributed by atoms with Crippen molar-refractivity contribution in [3.63, 3.8) is 0 Å². The Kier molecular flexibility index (Phi) is 3.22. The Hall–Kier alpha value is -2.12.